The fraction of sp³-hybridized carbons (Fsp3) is 0.500. The summed E-state index contributed by atoms with van der Waals surface area (Å²) in [5.41, 5.74) is 0.365. The molecule has 1 N–H and O–H groups in total. The first-order valence-corrected chi connectivity index (χ1v) is 10.1. The number of amides is 2. The van der Waals surface area contributed by atoms with Crippen LogP contribution in [0.15, 0.2) is 23.1 Å². The Morgan fingerprint density at radius 3 is 2.50 bits per heavy atom. The molecule has 0 aliphatic carbocycles. The van der Waals surface area contributed by atoms with Crippen molar-refractivity contribution in [3.05, 3.63) is 23.2 Å². The second-order valence-corrected chi connectivity index (χ2v) is 8.61. The van der Waals surface area contributed by atoms with E-state index in [9.17, 15) is 18.0 Å². The van der Waals surface area contributed by atoms with Crippen molar-refractivity contribution in [1.82, 2.24) is 9.21 Å². The number of benzene rings is 1. The van der Waals surface area contributed by atoms with Gasteiger partial charge in [0, 0.05) is 26.1 Å². The van der Waals surface area contributed by atoms with Gasteiger partial charge in [-0.3, -0.25) is 4.79 Å². The summed E-state index contributed by atoms with van der Waals surface area (Å²) in [6, 6.07) is 4.24. The zero-order valence-electron chi connectivity index (χ0n) is 14.3. The van der Waals surface area contributed by atoms with Crippen molar-refractivity contribution in [2.45, 2.75) is 30.7 Å². The highest BCUT2D eigenvalue weighted by atomic mass is 35.5. The lowest BCUT2D eigenvalue weighted by atomic mass is 10.1. The summed E-state index contributed by atoms with van der Waals surface area (Å²) in [5, 5.41) is 2.71. The Bertz CT molecular complexity index is 821. The molecule has 142 valence electrons. The van der Waals surface area contributed by atoms with Crippen LogP contribution in [0, 0.1) is 0 Å². The molecule has 3 rings (SSSR count). The van der Waals surface area contributed by atoms with Crippen LogP contribution in [0.3, 0.4) is 0 Å². The first kappa shape index (κ1) is 18.9. The molecule has 2 amide bonds. The SMILES string of the molecule is CC(=O)Nc1ccc(S(=O)(=O)N2CCC(N3CCOC3=O)CC2)cc1Cl. The molecule has 0 bridgehead atoms. The van der Waals surface area contributed by atoms with E-state index in [1.165, 1.54) is 29.4 Å². The Labute approximate surface area is 157 Å². The van der Waals surface area contributed by atoms with Crippen LogP contribution >= 0.6 is 11.6 Å². The van der Waals surface area contributed by atoms with Gasteiger partial charge in [-0.15, -0.1) is 0 Å². The average molecular weight is 402 g/mol. The van der Waals surface area contributed by atoms with E-state index in [-0.39, 0.29) is 28.0 Å². The Morgan fingerprint density at radius 2 is 1.96 bits per heavy atom. The summed E-state index contributed by atoms with van der Waals surface area (Å²) in [4.78, 5) is 24.5. The third-order valence-corrected chi connectivity index (χ3v) is 6.75. The van der Waals surface area contributed by atoms with Gasteiger partial charge < -0.3 is 15.0 Å². The predicted molar refractivity (Wildman–Crippen MR) is 95.6 cm³/mol. The highest BCUT2D eigenvalue weighted by Gasteiger charge is 2.35. The van der Waals surface area contributed by atoms with E-state index in [1.54, 1.807) is 4.90 Å². The molecule has 1 aromatic rings. The van der Waals surface area contributed by atoms with Crippen molar-refractivity contribution >= 4 is 39.3 Å². The monoisotopic (exact) mass is 401 g/mol. The molecule has 0 radical (unpaired) electrons. The van der Waals surface area contributed by atoms with Gasteiger partial charge in [-0.05, 0) is 31.0 Å². The Hall–Kier alpha value is -1.84. The number of halogens is 1. The van der Waals surface area contributed by atoms with Gasteiger partial charge in [0.2, 0.25) is 15.9 Å². The lowest BCUT2D eigenvalue weighted by Crippen LogP contribution is -2.47. The van der Waals surface area contributed by atoms with E-state index in [4.69, 9.17) is 16.3 Å². The first-order valence-electron chi connectivity index (χ1n) is 8.30. The Morgan fingerprint density at radius 1 is 1.27 bits per heavy atom. The predicted octanol–water partition coefficient (Wildman–Crippen LogP) is 1.90. The minimum absolute atomic E-state index is 0.00202. The molecule has 10 heteroatoms. The molecule has 1 aromatic carbocycles. The summed E-state index contributed by atoms with van der Waals surface area (Å²) in [7, 11) is -3.69. The van der Waals surface area contributed by atoms with Gasteiger partial charge >= 0.3 is 6.09 Å². The molecule has 0 spiro atoms. The number of hydrogen-bond acceptors (Lipinski definition) is 5. The second kappa shape index (κ2) is 7.42. The van der Waals surface area contributed by atoms with Crippen LogP contribution in [0.1, 0.15) is 19.8 Å². The van der Waals surface area contributed by atoms with Gasteiger partial charge in [0.05, 0.1) is 22.2 Å². The Balaban J connectivity index is 1.70. The van der Waals surface area contributed by atoms with Crippen LogP contribution in [0.5, 0.6) is 0 Å². The van der Waals surface area contributed by atoms with E-state index in [0.717, 1.165) is 0 Å². The standard InChI is InChI=1S/C16H20ClN3O5S/c1-11(21)18-15-3-2-13(10-14(15)17)26(23,24)19-6-4-12(5-7-19)20-8-9-25-16(20)22/h2-3,10,12H,4-9H2,1H3,(H,18,21). The lowest BCUT2D eigenvalue weighted by molar-refractivity contribution is -0.114. The van der Waals surface area contributed by atoms with E-state index in [2.05, 4.69) is 5.32 Å². The summed E-state index contributed by atoms with van der Waals surface area (Å²) >= 11 is 6.09. The van der Waals surface area contributed by atoms with Gasteiger partial charge in [0.25, 0.3) is 0 Å². The molecule has 8 nitrogen and oxygen atoms in total. The number of nitrogens with one attached hydrogen (secondary N) is 1. The number of carbonyl (C=O) groups excluding carboxylic acids is 2. The molecule has 2 aliphatic heterocycles. The quantitative estimate of drug-likeness (QED) is 0.831. The summed E-state index contributed by atoms with van der Waals surface area (Å²) < 4.78 is 32.0. The normalized spacial score (nSPS) is 19.5. The fourth-order valence-electron chi connectivity index (χ4n) is 3.23. The van der Waals surface area contributed by atoms with Crippen LogP contribution in [-0.4, -0.2) is 61.9 Å². The number of cyclic esters (lactones) is 1. The van der Waals surface area contributed by atoms with Crippen molar-refractivity contribution < 1.29 is 22.7 Å². The molecule has 2 fully saturated rings. The van der Waals surface area contributed by atoms with Gasteiger partial charge in [-0.2, -0.15) is 4.31 Å². The van der Waals surface area contributed by atoms with Crippen LogP contribution < -0.4 is 5.32 Å². The molecule has 0 unspecified atom stereocenters. The van der Waals surface area contributed by atoms with E-state index >= 15 is 0 Å². The molecule has 26 heavy (non-hydrogen) atoms. The molecule has 2 saturated heterocycles. The number of rotatable bonds is 4. The molecule has 0 aromatic heterocycles. The van der Waals surface area contributed by atoms with Crippen molar-refractivity contribution in [3.8, 4) is 0 Å². The maximum Gasteiger partial charge on any atom is 0.410 e. The van der Waals surface area contributed by atoms with E-state index in [1.807, 2.05) is 0 Å². The molecule has 2 aliphatic rings. The number of anilines is 1. The zero-order valence-corrected chi connectivity index (χ0v) is 15.8. The topological polar surface area (TPSA) is 96.0 Å². The smallest absolute Gasteiger partial charge is 0.410 e. The minimum atomic E-state index is -3.69. The summed E-state index contributed by atoms with van der Waals surface area (Å²) in [6.45, 7) is 2.93. The van der Waals surface area contributed by atoms with Crippen molar-refractivity contribution in [1.29, 1.82) is 0 Å². The first-order chi connectivity index (χ1) is 12.3. The molecule has 0 saturated carbocycles. The minimum Gasteiger partial charge on any atom is -0.448 e. The van der Waals surface area contributed by atoms with Gasteiger partial charge in [0.1, 0.15) is 6.61 Å². The van der Waals surface area contributed by atoms with Crippen LogP contribution in [0.4, 0.5) is 10.5 Å². The summed E-state index contributed by atoms with van der Waals surface area (Å²) in [6.07, 6.45) is 0.796. The lowest BCUT2D eigenvalue weighted by Gasteiger charge is -2.34. The number of carbonyl (C=O) groups is 2. The fourth-order valence-corrected chi connectivity index (χ4v) is 5.02. The van der Waals surface area contributed by atoms with Crippen LogP contribution in [-0.2, 0) is 19.6 Å². The number of piperidine rings is 1. The highest BCUT2D eigenvalue weighted by Crippen LogP contribution is 2.29. The molecular formula is C16H20ClN3O5S. The average Bonchev–Trinajstić information content (AvgIpc) is 3.02. The van der Waals surface area contributed by atoms with Crippen molar-refractivity contribution in [2.24, 2.45) is 0 Å². The van der Waals surface area contributed by atoms with Gasteiger partial charge in [-0.1, -0.05) is 11.6 Å². The van der Waals surface area contributed by atoms with Crippen molar-refractivity contribution in [2.75, 3.05) is 31.6 Å². The van der Waals surface area contributed by atoms with Crippen LogP contribution in [0.25, 0.3) is 0 Å². The molecule has 2 heterocycles. The summed E-state index contributed by atoms with van der Waals surface area (Å²) in [5.74, 6) is -0.287. The van der Waals surface area contributed by atoms with Crippen LogP contribution in [0.2, 0.25) is 5.02 Å². The molecule has 0 atom stereocenters. The van der Waals surface area contributed by atoms with Gasteiger partial charge in [0.15, 0.2) is 0 Å². The molecular weight excluding hydrogens is 382 g/mol. The largest absolute Gasteiger partial charge is 0.448 e. The Kier molecular flexibility index (Phi) is 5.40. The number of nitrogens with zero attached hydrogens (tertiary/aromatic N) is 2. The number of hydrogen-bond donors (Lipinski definition) is 1. The van der Waals surface area contributed by atoms with Gasteiger partial charge in [-0.25, -0.2) is 13.2 Å². The third-order valence-electron chi connectivity index (χ3n) is 4.55. The highest BCUT2D eigenvalue weighted by molar-refractivity contribution is 7.89. The van der Waals surface area contributed by atoms with E-state index in [0.29, 0.717) is 44.8 Å². The number of ether oxygens (including phenoxy) is 1. The zero-order chi connectivity index (χ0) is 18.9. The number of sulfonamides is 1. The van der Waals surface area contributed by atoms with E-state index < -0.39 is 10.0 Å². The maximum atomic E-state index is 12.8. The third kappa shape index (κ3) is 3.79. The second-order valence-electron chi connectivity index (χ2n) is 6.27. The maximum absolute atomic E-state index is 12.8. The van der Waals surface area contributed by atoms with Crippen molar-refractivity contribution in [3.63, 3.8) is 0 Å².